The fourth-order valence-corrected chi connectivity index (χ4v) is 13.2. The minimum absolute atomic E-state index is 0.108. The van der Waals surface area contributed by atoms with Crippen LogP contribution < -0.4 is 0 Å². The number of hydrogen-bond donors (Lipinski definition) is 1. The van der Waals surface area contributed by atoms with Crippen LogP contribution in [-0.2, 0) is 23.9 Å². The first-order valence-corrected chi connectivity index (χ1v) is 19.0. The number of aliphatic carboxylic acids is 1. The van der Waals surface area contributed by atoms with Gasteiger partial charge in [0.1, 0.15) is 6.10 Å². The molecule has 0 spiro atoms. The predicted octanol–water partition coefficient (Wildman–Crippen LogP) is 8.55. The number of carbonyl (C=O) groups is 3. The van der Waals surface area contributed by atoms with Gasteiger partial charge in [0.2, 0.25) is 0 Å². The maximum atomic E-state index is 13.1. The summed E-state index contributed by atoms with van der Waals surface area (Å²) in [4.78, 5) is 39.1. The predicted molar refractivity (Wildman–Crippen MR) is 189 cm³/mol. The molecule has 10 atom stereocenters. The minimum atomic E-state index is -1.14. The summed E-state index contributed by atoms with van der Waals surface area (Å²) in [5, 5.41) is 9.58. The number of carboxylic acids is 1. The van der Waals surface area contributed by atoms with Crippen molar-refractivity contribution in [3.05, 3.63) is 12.2 Å². The highest BCUT2D eigenvalue weighted by atomic mass is 16.5. The normalized spacial score (nSPS) is 41.7. The quantitative estimate of drug-likeness (QED) is 0.184. The van der Waals surface area contributed by atoms with Gasteiger partial charge in [-0.15, -0.1) is 0 Å². The Hall–Kier alpha value is -1.89. The highest BCUT2D eigenvalue weighted by Crippen LogP contribution is 2.78. The first-order valence-electron chi connectivity index (χ1n) is 19.0. The number of ether oxygens (including phenoxy) is 2. The Morgan fingerprint density at radius 2 is 1.54 bits per heavy atom. The average molecular weight is 670 g/mol. The van der Waals surface area contributed by atoms with Gasteiger partial charge in [0.05, 0.1) is 25.0 Å². The zero-order valence-corrected chi connectivity index (χ0v) is 32.0. The number of nitrogens with zero attached hydrogens (tertiary/aromatic N) is 1. The number of rotatable bonds is 10. The summed E-state index contributed by atoms with van der Waals surface area (Å²) in [6.45, 7) is 23.3. The smallest absolute Gasteiger partial charge is 0.320 e. The number of likely N-dealkylation sites (N-methyl/N-ethyl adjacent to an activating group) is 1. The second kappa shape index (κ2) is 12.7. The zero-order chi connectivity index (χ0) is 35.7. The van der Waals surface area contributed by atoms with Crippen molar-refractivity contribution in [3.63, 3.8) is 0 Å². The van der Waals surface area contributed by atoms with E-state index in [-0.39, 0.29) is 51.5 Å². The molecule has 5 aliphatic carbocycles. The second-order valence-electron chi connectivity index (χ2n) is 19.5. The fourth-order valence-electron chi connectivity index (χ4n) is 13.2. The van der Waals surface area contributed by atoms with Crippen molar-refractivity contribution in [2.24, 2.45) is 62.1 Å². The van der Waals surface area contributed by atoms with Crippen molar-refractivity contribution in [2.75, 3.05) is 27.2 Å². The van der Waals surface area contributed by atoms with E-state index in [1.165, 1.54) is 50.5 Å². The van der Waals surface area contributed by atoms with Crippen LogP contribution in [0.3, 0.4) is 0 Å². The van der Waals surface area contributed by atoms with E-state index in [9.17, 15) is 19.5 Å². The Labute approximate surface area is 291 Å². The molecule has 5 fully saturated rings. The molecule has 272 valence electrons. The Kier molecular flexibility index (Phi) is 9.89. The van der Waals surface area contributed by atoms with Crippen molar-refractivity contribution < 1.29 is 29.0 Å². The van der Waals surface area contributed by atoms with E-state index in [1.807, 2.05) is 19.0 Å². The maximum absolute atomic E-state index is 13.1. The van der Waals surface area contributed by atoms with Crippen LogP contribution in [-0.4, -0.2) is 61.3 Å². The van der Waals surface area contributed by atoms with Gasteiger partial charge in [-0.3, -0.25) is 19.3 Å². The van der Waals surface area contributed by atoms with Gasteiger partial charge in [-0.1, -0.05) is 46.8 Å². The lowest BCUT2D eigenvalue weighted by atomic mass is 9.32. The summed E-state index contributed by atoms with van der Waals surface area (Å²) in [6, 6.07) is 0. The largest absolute Gasteiger partial charge is 0.481 e. The summed E-state index contributed by atoms with van der Waals surface area (Å²) in [5.41, 5.74) is 0.841. The van der Waals surface area contributed by atoms with E-state index in [0.717, 1.165) is 25.7 Å². The van der Waals surface area contributed by atoms with E-state index in [0.29, 0.717) is 42.7 Å². The minimum Gasteiger partial charge on any atom is -0.481 e. The van der Waals surface area contributed by atoms with E-state index in [1.54, 1.807) is 13.8 Å². The summed E-state index contributed by atoms with van der Waals surface area (Å²) >= 11 is 0. The van der Waals surface area contributed by atoms with E-state index in [2.05, 4.69) is 48.1 Å². The summed E-state index contributed by atoms with van der Waals surface area (Å²) < 4.78 is 12.0. The Bertz CT molecular complexity index is 1290. The topological polar surface area (TPSA) is 93.1 Å². The molecule has 0 bridgehead atoms. The summed E-state index contributed by atoms with van der Waals surface area (Å²) in [6.07, 6.45) is 12.2. The first-order chi connectivity index (χ1) is 22.1. The number of fused-ring (bicyclic) bond motifs is 7. The lowest BCUT2D eigenvalue weighted by molar-refractivity contribution is -0.251. The summed E-state index contributed by atoms with van der Waals surface area (Å²) in [5.74, 6) is 1.32. The molecule has 0 amide bonds. The number of esters is 2. The van der Waals surface area contributed by atoms with Crippen LogP contribution in [0.5, 0.6) is 0 Å². The molecule has 0 unspecified atom stereocenters. The number of hydrogen-bond acceptors (Lipinski definition) is 6. The molecule has 0 aliphatic heterocycles. The van der Waals surface area contributed by atoms with Crippen LogP contribution in [0.1, 0.15) is 132 Å². The van der Waals surface area contributed by atoms with Gasteiger partial charge in [0, 0.05) is 5.41 Å². The first kappa shape index (κ1) is 37.4. The van der Waals surface area contributed by atoms with Crippen molar-refractivity contribution in [3.8, 4) is 0 Å². The molecular formula is C41H67NO6. The van der Waals surface area contributed by atoms with Crippen LogP contribution in [0.4, 0.5) is 0 Å². The SMILES string of the molecule is C=C(C)[C@@H]1CC[C@]2(CCOC(=O)CN(C)C)CC[C@]3(C)[C@H](CC[C@@H]4[C@@]5(C)CC[C@H](OC(=O)CC(C)(C)C(=O)O)C(C)(C)[C@@H]5CC[C@]43C)[C@@H]12. The van der Waals surface area contributed by atoms with E-state index in [4.69, 9.17) is 9.47 Å². The van der Waals surface area contributed by atoms with E-state index >= 15 is 0 Å². The molecule has 5 saturated carbocycles. The molecule has 5 rings (SSSR count). The Morgan fingerprint density at radius 3 is 2.17 bits per heavy atom. The molecule has 7 nitrogen and oxygen atoms in total. The molecule has 0 radical (unpaired) electrons. The molecular weight excluding hydrogens is 602 g/mol. The average Bonchev–Trinajstić information content (AvgIpc) is 3.34. The van der Waals surface area contributed by atoms with Crippen molar-refractivity contribution in [1.29, 1.82) is 0 Å². The molecule has 0 aromatic heterocycles. The lowest BCUT2D eigenvalue weighted by Gasteiger charge is -2.73. The summed E-state index contributed by atoms with van der Waals surface area (Å²) in [7, 11) is 3.81. The molecule has 0 saturated heterocycles. The third kappa shape index (κ3) is 5.98. The highest BCUT2D eigenvalue weighted by Gasteiger charge is 2.71. The second-order valence-corrected chi connectivity index (χ2v) is 19.5. The van der Waals surface area contributed by atoms with E-state index < -0.39 is 11.4 Å². The Balaban J connectivity index is 1.37. The van der Waals surface area contributed by atoms with Gasteiger partial charge in [0.15, 0.2) is 0 Å². The molecule has 0 heterocycles. The van der Waals surface area contributed by atoms with Crippen LogP contribution >= 0.6 is 0 Å². The third-order valence-corrected chi connectivity index (χ3v) is 15.9. The standard InChI is InChI=1S/C41H67NO6/c1-26(2)27-14-19-41(22-23-47-33(44)25-42(10)11)21-20-39(8)28(34(27)41)12-13-30-38(7)17-16-31(48-32(43)24-36(3,4)35(45)46)37(5,6)29(38)15-18-40(30,39)9/h27-31,34H,1,12-25H2,2-11H3,(H,45,46)/t27-,28+,29-,30+,31-,34+,38-,39+,40+,41+/m0/s1. The number of carboxylic acid groups (broad SMARTS) is 1. The van der Waals surface area contributed by atoms with Crippen LogP contribution in [0.2, 0.25) is 0 Å². The molecule has 7 heteroatoms. The number of allylic oxidation sites excluding steroid dienone is 1. The van der Waals surface area contributed by atoms with Gasteiger partial charge >= 0.3 is 17.9 Å². The highest BCUT2D eigenvalue weighted by molar-refractivity contribution is 5.81. The fraction of sp³-hybridized carbons (Fsp3) is 0.878. The van der Waals surface area contributed by atoms with Crippen molar-refractivity contribution in [1.82, 2.24) is 4.90 Å². The van der Waals surface area contributed by atoms with Gasteiger partial charge in [-0.25, -0.2) is 0 Å². The van der Waals surface area contributed by atoms with Crippen LogP contribution in [0, 0.1) is 62.1 Å². The van der Waals surface area contributed by atoms with Crippen LogP contribution in [0.25, 0.3) is 0 Å². The Morgan fingerprint density at radius 1 is 0.854 bits per heavy atom. The lowest BCUT2D eigenvalue weighted by Crippen LogP contribution is -2.66. The zero-order valence-electron chi connectivity index (χ0n) is 32.0. The van der Waals surface area contributed by atoms with Crippen molar-refractivity contribution in [2.45, 2.75) is 139 Å². The maximum Gasteiger partial charge on any atom is 0.320 e. The molecule has 48 heavy (non-hydrogen) atoms. The molecule has 1 N–H and O–H groups in total. The van der Waals surface area contributed by atoms with Gasteiger partial charge in [-0.05, 0) is 157 Å². The number of carbonyl (C=O) groups excluding carboxylic acids is 2. The monoisotopic (exact) mass is 669 g/mol. The van der Waals surface area contributed by atoms with Crippen molar-refractivity contribution >= 4 is 17.9 Å². The molecule has 0 aromatic carbocycles. The van der Waals surface area contributed by atoms with Gasteiger partial charge in [-0.2, -0.15) is 0 Å². The molecule has 5 aliphatic rings. The van der Waals surface area contributed by atoms with Gasteiger partial charge < -0.3 is 14.6 Å². The third-order valence-electron chi connectivity index (χ3n) is 15.9. The van der Waals surface area contributed by atoms with Crippen LogP contribution in [0.15, 0.2) is 12.2 Å². The molecule has 0 aromatic rings. The van der Waals surface area contributed by atoms with Gasteiger partial charge in [0.25, 0.3) is 0 Å².